The first kappa shape index (κ1) is 11.8. The van der Waals surface area contributed by atoms with Crippen molar-refractivity contribution in [3.8, 4) is 11.1 Å². The van der Waals surface area contributed by atoms with Crippen molar-refractivity contribution in [2.24, 2.45) is 0 Å². The highest BCUT2D eigenvalue weighted by Crippen LogP contribution is 2.25. The molecule has 0 saturated carbocycles. The minimum Gasteiger partial charge on any atom is -0.313 e. The maximum Gasteiger partial charge on any atom is 0.131 e. The Bertz CT molecular complexity index is 494. The molecular formula is C15H16FN. The van der Waals surface area contributed by atoms with E-state index in [-0.39, 0.29) is 11.9 Å². The Kier molecular flexibility index (Phi) is 3.55. The van der Waals surface area contributed by atoms with Gasteiger partial charge in [0.1, 0.15) is 5.82 Å². The maximum absolute atomic E-state index is 13.8. The highest BCUT2D eigenvalue weighted by molar-refractivity contribution is 5.64. The first-order valence-electron chi connectivity index (χ1n) is 5.74. The Balaban J connectivity index is 2.47. The van der Waals surface area contributed by atoms with Crippen LogP contribution in [0, 0.1) is 5.82 Å². The highest BCUT2D eigenvalue weighted by atomic mass is 19.1. The van der Waals surface area contributed by atoms with E-state index in [4.69, 9.17) is 0 Å². The average molecular weight is 229 g/mol. The van der Waals surface area contributed by atoms with Crippen molar-refractivity contribution in [3.05, 3.63) is 59.9 Å². The van der Waals surface area contributed by atoms with E-state index < -0.39 is 0 Å². The monoisotopic (exact) mass is 229 g/mol. The van der Waals surface area contributed by atoms with Gasteiger partial charge in [-0.1, -0.05) is 36.4 Å². The number of hydrogen-bond donors (Lipinski definition) is 1. The predicted octanol–water partition coefficient (Wildman–Crippen LogP) is 3.77. The van der Waals surface area contributed by atoms with Gasteiger partial charge in [-0.3, -0.25) is 0 Å². The van der Waals surface area contributed by atoms with Crippen LogP contribution in [0.4, 0.5) is 4.39 Å². The third kappa shape index (κ3) is 2.53. The zero-order valence-electron chi connectivity index (χ0n) is 10.1. The Morgan fingerprint density at radius 3 is 2.41 bits per heavy atom. The summed E-state index contributed by atoms with van der Waals surface area (Å²) in [7, 11) is 1.90. The quantitative estimate of drug-likeness (QED) is 0.844. The Morgan fingerprint density at radius 1 is 1.06 bits per heavy atom. The van der Waals surface area contributed by atoms with E-state index in [0.717, 1.165) is 11.1 Å². The zero-order chi connectivity index (χ0) is 12.3. The molecule has 0 aliphatic carbocycles. The number of nitrogens with one attached hydrogen (secondary N) is 1. The summed E-state index contributed by atoms with van der Waals surface area (Å²) >= 11 is 0. The van der Waals surface area contributed by atoms with E-state index in [1.165, 1.54) is 6.07 Å². The summed E-state index contributed by atoms with van der Waals surface area (Å²) in [6.45, 7) is 2.06. The van der Waals surface area contributed by atoms with E-state index >= 15 is 0 Å². The van der Waals surface area contributed by atoms with Gasteiger partial charge in [0.05, 0.1) is 0 Å². The van der Waals surface area contributed by atoms with Gasteiger partial charge < -0.3 is 5.32 Å². The molecule has 2 aromatic rings. The molecule has 0 aromatic heterocycles. The van der Waals surface area contributed by atoms with Gasteiger partial charge >= 0.3 is 0 Å². The van der Waals surface area contributed by atoms with Gasteiger partial charge in [0.15, 0.2) is 0 Å². The van der Waals surface area contributed by atoms with Gasteiger partial charge in [-0.05, 0) is 37.2 Å². The number of hydrogen-bond acceptors (Lipinski definition) is 1. The van der Waals surface area contributed by atoms with Crippen LogP contribution in [-0.4, -0.2) is 7.05 Å². The van der Waals surface area contributed by atoms with E-state index in [2.05, 4.69) is 12.2 Å². The summed E-state index contributed by atoms with van der Waals surface area (Å²) in [4.78, 5) is 0. The highest BCUT2D eigenvalue weighted by Gasteiger charge is 2.08. The second-order valence-electron chi connectivity index (χ2n) is 4.12. The summed E-state index contributed by atoms with van der Waals surface area (Å²) < 4.78 is 13.8. The predicted molar refractivity (Wildman–Crippen MR) is 69.3 cm³/mol. The van der Waals surface area contributed by atoms with Crippen LogP contribution >= 0.6 is 0 Å². The van der Waals surface area contributed by atoms with E-state index in [9.17, 15) is 4.39 Å². The largest absolute Gasteiger partial charge is 0.313 e. The fourth-order valence-electron chi connectivity index (χ4n) is 1.82. The summed E-state index contributed by atoms with van der Waals surface area (Å²) in [5, 5.41) is 3.16. The van der Waals surface area contributed by atoms with Crippen LogP contribution in [0.1, 0.15) is 18.5 Å². The van der Waals surface area contributed by atoms with Crippen molar-refractivity contribution < 1.29 is 4.39 Å². The molecule has 2 rings (SSSR count). The van der Waals surface area contributed by atoms with Gasteiger partial charge in [-0.25, -0.2) is 4.39 Å². The van der Waals surface area contributed by atoms with Gasteiger partial charge in [0.25, 0.3) is 0 Å². The maximum atomic E-state index is 13.8. The Labute approximate surface area is 101 Å². The SMILES string of the molecule is CNC(C)c1ccc(F)c(-c2ccccc2)c1. The lowest BCUT2D eigenvalue weighted by Crippen LogP contribution is -2.12. The van der Waals surface area contributed by atoms with Gasteiger partial charge in [-0.15, -0.1) is 0 Å². The molecule has 1 unspecified atom stereocenters. The first-order valence-corrected chi connectivity index (χ1v) is 5.74. The number of halogens is 1. The lowest BCUT2D eigenvalue weighted by atomic mass is 9.99. The lowest BCUT2D eigenvalue weighted by molar-refractivity contribution is 0.622. The smallest absolute Gasteiger partial charge is 0.131 e. The molecule has 2 heteroatoms. The first-order chi connectivity index (χ1) is 8.22. The van der Waals surface area contributed by atoms with Crippen LogP contribution in [0.3, 0.4) is 0 Å². The van der Waals surface area contributed by atoms with Crippen molar-refractivity contribution in [1.82, 2.24) is 5.32 Å². The fourth-order valence-corrected chi connectivity index (χ4v) is 1.82. The van der Waals surface area contributed by atoms with Crippen LogP contribution in [0.5, 0.6) is 0 Å². The molecule has 1 nitrogen and oxygen atoms in total. The summed E-state index contributed by atoms with van der Waals surface area (Å²) in [5.41, 5.74) is 2.66. The standard InChI is InChI=1S/C15H16FN/c1-11(17-2)13-8-9-15(16)14(10-13)12-6-4-3-5-7-12/h3-11,17H,1-2H3. The average Bonchev–Trinajstić information content (AvgIpc) is 2.39. The summed E-state index contributed by atoms with van der Waals surface area (Å²) in [6.07, 6.45) is 0. The second kappa shape index (κ2) is 5.11. The molecule has 0 heterocycles. The second-order valence-corrected chi connectivity index (χ2v) is 4.12. The van der Waals surface area contributed by atoms with Gasteiger partial charge in [0.2, 0.25) is 0 Å². The van der Waals surface area contributed by atoms with Crippen molar-refractivity contribution in [2.45, 2.75) is 13.0 Å². The minimum absolute atomic E-state index is 0.178. The van der Waals surface area contributed by atoms with Crippen LogP contribution in [0.15, 0.2) is 48.5 Å². The van der Waals surface area contributed by atoms with Crippen molar-refractivity contribution in [1.29, 1.82) is 0 Å². The zero-order valence-corrected chi connectivity index (χ0v) is 10.1. The molecule has 0 radical (unpaired) electrons. The Morgan fingerprint density at radius 2 is 1.76 bits per heavy atom. The molecule has 0 aliphatic heterocycles. The van der Waals surface area contributed by atoms with Crippen LogP contribution in [0.2, 0.25) is 0 Å². The topological polar surface area (TPSA) is 12.0 Å². The molecule has 0 amide bonds. The summed E-state index contributed by atoms with van der Waals surface area (Å²) in [6, 6.07) is 15.1. The molecule has 1 atom stereocenters. The third-order valence-corrected chi connectivity index (χ3v) is 3.01. The molecular weight excluding hydrogens is 213 g/mol. The van der Waals surface area contributed by atoms with Crippen molar-refractivity contribution in [2.75, 3.05) is 7.05 Å². The van der Waals surface area contributed by atoms with Crippen molar-refractivity contribution in [3.63, 3.8) is 0 Å². The van der Waals surface area contributed by atoms with Crippen LogP contribution in [-0.2, 0) is 0 Å². The summed E-state index contributed by atoms with van der Waals surface area (Å²) in [5.74, 6) is -0.178. The number of benzene rings is 2. The van der Waals surface area contributed by atoms with E-state index in [1.807, 2.05) is 49.5 Å². The molecule has 17 heavy (non-hydrogen) atoms. The Hall–Kier alpha value is -1.67. The van der Waals surface area contributed by atoms with Crippen molar-refractivity contribution >= 4 is 0 Å². The van der Waals surface area contributed by atoms with Gasteiger partial charge in [-0.2, -0.15) is 0 Å². The fraction of sp³-hybridized carbons (Fsp3) is 0.200. The van der Waals surface area contributed by atoms with E-state index in [0.29, 0.717) is 5.56 Å². The van der Waals surface area contributed by atoms with E-state index in [1.54, 1.807) is 0 Å². The molecule has 0 saturated heterocycles. The van der Waals surface area contributed by atoms with Crippen LogP contribution in [0.25, 0.3) is 11.1 Å². The molecule has 0 spiro atoms. The minimum atomic E-state index is -0.178. The number of rotatable bonds is 3. The molecule has 0 aliphatic rings. The van der Waals surface area contributed by atoms with Gasteiger partial charge in [0, 0.05) is 11.6 Å². The molecule has 2 aromatic carbocycles. The molecule has 88 valence electrons. The lowest BCUT2D eigenvalue weighted by Gasteiger charge is -2.13. The molecule has 0 fully saturated rings. The third-order valence-electron chi connectivity index (χ3n) is 3.01. The molecule has 0 bridgehead atoms. The normalized spacial score (nSPS) is 12.4. The molecule has 1 N–H and O–H groups in total. The van der Waals surface area contributed by atoms with Crippen LogP contribution < -0.4 is 5.32 Å².